The van der Waals surface area contributed by atoms with Gasteiger partial charge < -0.3 is 9.72 Å². The topological polar surface area (TPSA) is 58.2 Å². The van der Waals surface area contributed by atoms with E-state index < -0.39 is 0 Å². The van der Waals surface area contributed by atoms with Crippen LogP contribution >= 0.6 is 11.6 Å². The van der Waals surface area contributed by atoms with Gasteiger partial charge in [0.2, 0.25) is 0 Å². The third-order valence-electron chi connectivity index (χ3n) is 4.82. The Kier molecular flexibility index (Phi) is 4.97. The van der Waals surface area contributed by atoms with Crippen molar-refractivity contribution in [1.29, 1.82) is 0 Å². The molecule has 0 atom stereocenters. The van der Waals surface area contributed by atoms with Crippen LogP contribution < -0.4 is 10.3 Å². The molecule has 27 heavy (non-hydrogen) atoms. The van der Waals surface area contributed by atoms with Gasteiger partial charge in [-0.2, -0.15) is 0 Å². The largest absolute Gasteiger partial charge is 0.495 e. The monoisotopic (exact) mass is 381 g/mol. The molecule has 0 saturated heterocycles. The first-order valence-electron chi connectivity index (χ1n) is 8.86. The van der Waals surface area contributed by atoms with Gasteiger partial charge in [-0.25, -0.2) is 4.98 Å². The van der Waals surface area contributed by atoms with E-state index in [1.807, 2.05) is 48.5 Å². The maximum atomic E-state index is 12.6. The summed E-state index contributed by atoms with van der Waals surface area (Å²) in [6.07, 6.45) is 0.753. The van der Waals surface area contributed by atoms with Crippen molar-refractivity contribution in [3.63, 3.8) is 0 Å². The molecule has 0 aliphatic carbocycles. The average Bonchev–Trinajstić information content (AvgIpc) is 2.69. The fourth-order valence-electron chi connectivity index (χ4n) is 3.42. The molecule has 4 rings (SSSR count). The van der Waals surface area contributed by atoms with Crippen LogP contribution in [0.3, 0.4) is 0 Å². The molecule has 2 aromatic carbocycles. The molecule has 0 saturated carbocycles. The van der Waals surface area contributed by atoms with Crippen LogP contribution in [0.25, 0.3) is 11.4 Å². The van der Waals surface area contributed by atoms with Crippen molar-refractivity contribution >= 4 is 11.6 Å². The van der Waals surface area contributed by atoms with Gasteiger partial charge in [-0.15, -0.1) is 0 Å². The molecule has 1 aliphatic heterocycles. The second kappa shape index (κ2) is 7.55. The minimum Gasteiger partial charge on any atom is -0.495 e. The number of methoxy groups -OCH3 is 1. The quantitative estimate of drug-likeness (QED) is 0.749. The zero-order chi connectivity index (χ0) is 18.8. The van der Waals surface area contributed by atoms with E-state index in [0.717, 1.165) is 41.9 Å². The molecule has 6 heteroatoms. The first-order valence-corrected chi connectivity index (χ1v) is 9.24. The number of aromatic nitrogens is 2. The summed E-state index contributed by atoms with van der Waals surface area (Å²) < 4.78 is 5.20. The number of ether oxygens (including phenoxy) is 1. The van der Waals surface area contributed by atoms with Crippen LogP contribution in [0, 0.1) is 0 Å². The van der Waals surface area contributed by atoms with E-state index >= 15 is 0 Å². The van der Waals surface area contributed by atoms with Crippen LogP contribution in [-0.2, 0) is 19.5 Å². The van der Waals surface area contributed by atoms with Crippen molar-refractivity contribution in [3.8, 4) is 17.1 Å². The lowest BCUT2D eigenvalue weighted by Gasteiger charge is -2.27. The van der Waals surface area contributed by atoms with Crippen molar-refractivity contribution in [2.24, 2.45) is 0 Å². The van der Waals surface area contributed by atoms with E-state index in [1.54, 1.807) is 7.11 Å². The van der Waals surface area contributed by atoms with Crippen molar-refractivity contribution in [3.05, 3.63) is 80.7 Å². The summed E-state index contributed by atoms with van der Waals surface area (Å²) in [5.41, 5.74) is 3.60. The standard InChI is InChI=1S/C21H20ClN3O2/c1-27-19-8-7-14(11-17(19)22)12-25-10-9-18-16(13-25)21(26)24-20(23-18)15-5-3-2-4-6-15/h2-8,11H,9-10,12-13H2,1H3,(H,23,24,26). The van der Waals surface area contributed by atoms with Crippen molar-refractivity contribution < 1.29 is 4.74 Å². The molecular weight excluding hydrogens is 362 g/mol. The lowest BCUT2D eigenvalue weighted by atomic mass is 10.1. The van der Waals surface area contributed by atoms with Crippen molar-refractivity contribution in [2.75, 3.05) is 13.7 Å². The number of nitrogens with zero attached hydrogens (tertiary/aromatic N) is 2. The molecule has 0 radical (unpaired) electrons. The van der Waals surface area contributed by atoms with Gasteiger partial charge >= 0.3 is 0 Å². The van der Waals surface area contributed by atoms with Crippen LogP contribution in [-0.4, -0.2) is 28.5 Å². The predicted molar refractivity (Wildman–Crippen MR) is 106 cm³/mol. The molecule has 138 valence electrons. The molecule has 0 spiro atoms. The minimum absolute atomic E-state index is 0.0590. The van der Waals surface area contributed by atoms with E-state index in [2.05, 4.69) is 9.88 Å². The highest BCUT2D eigenvalue weighted by Crippen LogP contribution is 2.26. The second-order valence-electron chi connectivity index (χ2n) is 6.64. The average molecular weight is 382 g/mol. The molecule has 1 aliphatic rings. The molecule has 5 nitrogen and oxygen atoms in total. The van der Waals surface area contributed by atoms with E-state index in [1.165, 1.54) is 0 Å². The van der Waals surface area contributed by atoms with Gasteiger partial charge in [-0.05, 0) is 17.7 Å². The highest BCUT2D eigenvalue weighted by molar-refractivity contribution is 6.32. The first-order chi connectivity index (χ1) is 13.1. The first kappa shape index (κ1) is 17.8. The van der Waals surface area contributed by atoms with Crippen LogP contribution in [0.1, 0.15) is 16.8 Å². The lowest BCUT2D eigenvalue weighted by Crippen LogP contribution is -2.35. The molecule has 1 aromatic heterocycles. The van der Waals surface area contributed by atoms with Gasteiger partial charge in [0.1, 0.15) is 11.6 Å². The number of benzene rings is 2. The zero-order valence-electron chi connectivity index (χ0n) is 15.0. The van der Waals surface area contributed by atoms with Gasteiger partial charge in [0, 0.05) is 31.6 Å². The zero-order valence-corrected chi connectivity index (χ0v) is 15.8. The van der Waals surface area contributed by atoms with E-state index in [4.69, 9.17) is 21.3 Å². The molecule has 0 amide bonds. The van der Waals surface area contributed by atoms with E-state index in [0.29, 0.717) is 23.1 Å². The molecule has 3 aromatic rings. The number of aromatic amines is 1. The Labute approximate surface area is 162 Å². The van der Waals surface area contributed by atoms with Crippen LogP contribution in [0.2, 0.25) is 5.02 Å². The van der Waals surface area contributed by atoms with E-state index in [9.17, 15) is 4.79 Å². The Morgan fingerprint density at radius 1 is 1.22 bits per heavy atom. The Balaban J connectivity index is 1.55. The maximum absolute atomic E-state index is 12.6. The summed E-state index contributed by atoms with van der Waals surface area (Å²) >= 11 is 6.22. The van der Waals surface area contributed by atoms with Gasteiger partial charge in [-0.1, -0.05) is 48.0 Å². The summed E-state index contributed by atoms with van der Waals surface area (Å²) in [5, 5.41) is 0.597. The maximum Gasteiger partial charge on any atom is 0.255 e. The molecule has 2 heterocycles. The van der Waals surface area contributed by atoms with Gasteiger partial charge in [-0.3, -0.25) is 9.69 Å². The predicted octanol–water partition coefficient (Wildman–Crippen LogP) is 3.66. The van der Waals surface area contributed by atoms with Crippen molar-refractivity contribution in [2.45, 2.75) is 19.5 Å². The smallest absolute Gasteiger partial charge is 0.255 e. The summed E-state index contributed by atoms with van der Waals surface area (Å²) in [6.45, 7) is 2.15. The Morgan fingerprint density at radius 2 is 2.04 bits per heavy atom. The molecule has 1 N–H and O–H groups in total. The summed E-state index contributed by atoms with van der Waals surface area (Å²) in [4.78, 5) is 22.5. The normalized spacial score (nSPS) is 14.0. The highest BCUT2D eigenvalue weighted by atomic mass is 35.5. The lowest BCUT2D eigenvalue weighted by molar-refractivity contribution is 0.242. The number of rotatable bonds is 4. The number of hydrogen-bond donors (Lipinski definition) is 1. The Morgan fingerprint density at radius 3 is 2.78 bits per heavy atom. The van der Waals surface area contributed by atoms with Gasteiger partial charge in [0.05, 0.1) is 23.4 Å². The van der Waals surface area contributed by atoms with Crippen molar-refractivity contribution in [1.82, 2.24) is 14.9 Å². The Bertz CT molecular complexity index is 1020. The number of nitrogens with one attached hydrogen (secondary N) is 1. The molecule has 0 unspecified atom stereocenters. The highest BCUT2D eigenvalue weighted by Gasteiger charge is 2.21. The van der Waals surface area contributed by atoms with Crippen LogP contribution in [0.4, 0.5) is 0 Å². The third kappa shape index (κ3) is 3.75. The number of hydrogen-bond acceptors (Lipinski definition) is 4. The Hall–Kier alpha value is -2.63. The third-order valence-corrected chi connectivity index (χ3v) is 5.11. The summed E-state index contributed by atoms with van der Waals surface area (Å²) in [6, 6.07) is 15.5. The summed E-state index contributed by atoms with van der Waals surface area (Å²) in [7, 11) is 1.60. The summed E-state index contributed by atoms with van der Waals surface area (Å²) in [5.74, 6) is 1.30. The number of halogens is 1. The van der Waals surface area contributed by atoms with Gasteiger partial charge in [0.15, 0.2) is 0 Å². The SMILES string of the molecule is COc1ccc(CN2CCc3nc(-c4ccccc4)[nH]c(=O)c3C2)cc1Cl. The second-order valence-corrected chi connectivity index (χ2v) is 7.04. The van der Waals surface area contributed by atoms with Gasteiger partial charge in [0.25, 0.3) is 5.56 Å². The van der Waals surface area contributed by atoms with E-state index in [-0.39, 0.29) is 5.56 Å². The number of H-pyrrole nitrogens is 1. The molecule has 0 fully saturated rings. The molecular formula is C21H20ClN3O2. The fraction of sp³-hybridized carbons (Fsp3) is 0.238. The minimum atomic E-state index is -0.0590. The van der Waals surface area contributed by atoms with Crippen LogP contribution in [0.15, 0.2) is 53.3 Å². The molecule has 0 bridgehead atoms. The van der Waals surface area contributed by atoms with Crippen LogP contribution in [0.5, 0.6) is 5.75 Å². The number of fused-ring (bicyclic) bond motifs is 1. The fourth-order valence-corrected chi connectivity index (χ4v) is 3.70.